The van der Waals surface area contributed by atoms with E-state index in [9.17, 15) is 9.59 Å². The standard InChI is InChI=1S/C30H29N3O6/c1-36-30(35)27-26(32-29(34)22-11-12-37-17-22)23-13-21(8-7-19-9-10-24-25(14-19)39-18-38-24)15-31-28(23)33(27)16-20-5-3-2-4-6-20/h2-6,9-10,13-15,22H,7-8,11-12,16-18H2,1H3,(H,32,34). The Bertz CT molecular complexity index is 1520. The molecule has 0 saturated carbocycles. The van der Waals surface area contributed by atoms with Crippen molar-refractivity contribution in [1.29, 1.82) is 0 Å². The molecule has 0 radical (unpaired) electrons. The molecule has 2 aliphatic rings. The van der Waals surface area contributed by atoms with Gasteiger partial charge in [-0.1, -0.05) is 36.4 Å². The van der Waals surface area contributed by atoms with Gasteiger partial charge >= 0.3 is 5.97 Å². The molecular weight excluding hydrogens is 498 g/mol. The summed E-state index contributed by atoms with van der Waals surface area (Å²) in [5.74, 6) is 0.517. The van der Waals surface area contributed by atoms with Gasteiger partial charge < -0.3 is 28.8 Å². The largest absolute Gasteiger partial charge is 0.464 e. The number of nitrogens with zero attached hydrogens (tertiary/aromatic N) is 2. The summed E-state index contributed by atoms with van der Waals surface area (Å²) in [5, 5.41) is 3.73. The molecule has 1 saturated heterocycles. The Morgan fingerprint density at radius 1 is 1.03 bits per heavy atom. The summed E-state index contributed by atoms with van der Waals surface area (Å²) < 4.78 is 23.3. The first-order chi connectivity index (χ1) is 19.1. The molecule has 0 bridgehead atoms. The van der Waals surface area contributed by atoms with E-state index in [1.807, 2.05) is 65.4 Å². The highest BCUT2D eigenvalue weighted by molar-refractivity contribution is 6.11. The van der Waals surface area contributed by atoms with Crippen LogP contribution in [0, 0.1) is 5.92 Å². The normalized spacial score (nSPS) is 16.0. The van der Waals surface area contributed by atoms with Crippen molar-refractivity contribution in [3.05, 3.63) is 83.2 Å². The van der Waals surface area contributed by atoms with Gasteiger partial charge in [0.25, 0.3) is 0 Å². The molecule has 1 unspecified atom stereocenters. The average Bonchev–Trinajstić information content (AvgIpc) is 3.72. The minimum absolute atomic E-state index is 0.179. The second-order valence-electron chi connectivity index (χ2n) is 9.74. The number of aryl methyl sites for hydroxylation is 2. The maximum atomic E-state index is 13.2. The van der Waals surface area contributed by atoms with E-state index in [-0.39, 0.29) is 24.3 Å². The average molecular weight is 528 g/mol. The van der Waals surface area contributed by atoms with E-state index in [0.29, 0.717) is 49.3 Å². The van der Waals surface area contributed by atoms with E-state index < -0.39 is 5.97 Å². The molecule has 4 heterocycles. The molecule has 2 aromatic carbocycles. The lowest BCUT2D eigenvalue weighted by atomic mass is 10.0. The highest BCUT2D eigenvalue weighted by Crippen LogP contribution is 2.35. The van der Waals surface area contributed by atoms with Gasteiger partial charge in [-0.05, 0) is 54.2 Å². The summed E-state index contributed by atoms with van der Waals surface area (Å²) >= 11 is 0. The lowest BCUT2D eigenvalue weighted by Gasteiger charge is -2.12. The Labute approximate surface area is 225 Å². The molecule has 1 fully saturated rings. The summed E-state index contributed by atoms with van der Waals surface area (Å²) in [4.78, 5) is 31.1. The van der Waals surface area contributed by atoms with E-state index in [2.05, 4.69) is 5.32 Å². The zero-order valence-corrected chi connectivity index (χ0v) is 21.6. The van der Waals surface area contributed by atoms with Crippen LogP contribution >= 0.6 is 0 Å². The maximum absolute atomic E-state index is 13.2. The fraction of sp³-hybridized carbons (Fsp3) is 0.300. The number of ether oxygens (including phenoxy) is 4. The number of rotatable bonds is 8. The summed E-state index contributed by atoms with van der Waals surface area (Å²) in [5.41, 5.74) is 4.38. The quantitative estimate of drug-likeness (QED) is 0.340. The number of amides is 1. The summed E-state index contributed by atoms with van der Waals surface area (Å²) in [6.07, 6.45) is 3.94. The van der Waals surface area contributed by atoms with Gasteiger partial charge in [0, 0.05) is 24.7 Å². The lowest BCUT2D eigenvalue weighted by Crippen LogP contribution is -2.24. The number of benzene rings is 2. The molecule has 0 aliphatic carbocycles. The molecule has 0 spiro atoms. The second kappa shape index (κ2) is 10.8. The van der Waals surface area contributed by atoms with Crippen LogP contribution in [0.4, 0.5) is 5.69 Å². The highest BCUT2D eigenvalue weighted by atomic mass is 16.7. The van der Waals surface area contributed by atoms with Crippen LogP contribution in [0.1, 0.15) is 33.6 Å². The van der Waals surface area contributed by atoms with Crippen LogP contribution in [0.3, 0.4) is 0 Å². The van der Waals surface area contributed by atoms with Gasteiger partial charge in [0.05, 0.1) is 25.3 Å². The van der Waals surface area contributed by atoms with Gasteiger partial charge in [-0.15, -0.1) is 0 Å². The molecule has 4 aromatic rings. The SMILES string of the molecule is COC(=O)c1c(NC(=O)C2CCOC2)c2cc(CCc3ccc4c(c3)OCO4)cnc2n1Cc1ccccc1. The number of carbonyl (C=O) groups excluding carboxylic acids is 2. The number of fused-ring (bicyclic) bond motifs is 2. The molecule has 1 atom stereocenters. The number of hydrogen-bond acceptors (Lipinski definition) is 7. The summed E-state index contributed by atoms with van der Waals surface area (Å²) in [6, 6.07) is 17.8. The molecule has 39 heavy (non-hydrogen) atoms. The Kier molecular flexibility index (Phi) is 6.89. The number of anilines is 1. The van der Waals surface area contributed by atoms with Crippen molar-refractivity contribution in [3.8, 4) is 11.5 Å². The lowest BCUT2D eigenvalue weighted by molar-refractivity contribution is -0.119. The highest BCUT2D eigenvalue weighted by Gasteiger charge is 2.30. The van der Waals surface area contributed by atoms with Crippen molar-refractivity contribution < 1.29 is 28.5 Å². The molecule has 9 nitrogen and oxygen atoms in total. The van der Waals surface area contributed by atoms with Crippen molar-refractivity contribution in [3.63, 3.8) is 0 Å². The van der Waals surface area contributed by atoms with Gasteiger partial charge in [0.15, 0.2) is 17.2 Å². The van der Waals surface area contributed by atoms with E-state index in [1.165, 1.54) is 7.11 Å². The molecule has 6 rings (SSSR count). The number of carbonyl (C=O) groups is 2. The van der Waals surface area contributed by atoms with Gasteiger partial charge in [0.1, 0.15) is 5.65 Å². The molecule has 2 aliphatic heterocycles. The van der Waals surface area contributed by atoms with E-state index in [4.69, 9.17) is 23.9 Å². The van der Waals surface area contributed by atoms with Crippen LogP contribution in [-0.2, 0) is 33.7 Å². The third kappa shape index (κ3) is 5.05. The van der Waals surface area contributed by atoms with Crippen molar-refractivity contribution >= 4 is 28.6 Å². The van der Waals surface area contributed by atoms with Gasteiger partial charge in [-0.2, -0.15) is 0 Å². The third-order valence-corrected chi connectivity index (χ3v) is 7.21. The van der Waals surface area contributed by atoms with E-state index in [1.54, 1.807) is 0 Å². The van der Waals surface area contributed by atoms with Crippen molar-refractivity contribution in [2.24, 2.45) is 5.92 Å². The molecule has 200 valence electrons. The third-order valence-electron chi connectivity index (χ3n) is 7.21. The van der Waals surface area contributed by atoms with Gasteiger partial charge in [-0.25, -0.2) is 9.78 Å². The number of hydrogen-bond donors (Lipinski definition) is 1. The van der Waals surface area contributed by atoms with E-state index in [0.717, 1.165) is 34.6 Å². The van der Waals surface area contributed by atoms with Gasteiger partial charge in [0.2, 0.25) is 12.7 Å². The minimum atomic E-state index is -0.538. The maximum Gasteiger partial charge on any atom is 0.356 e. The second-order valence-corrected chi connectivity index (χ2v) is 9.74. The first-order valence-corrected chi connectivity index (χ1v) is 13.0. The number of esters is 1. The number of methoxy groups -OCH3 is 1. The molecule has 1 amide bonds. The fourth-order valence-corrected chi connectivity index (χ4v) is 5.11. The molecular formula is C30H29N3O6. The van der Waals surface area contributed by atoms with Crippen molar-refractivity contribution in [1.82, 2.24) is 9.55 Å². The minimum Gasteiger partial charge on any atom is -0.464 e. The predicted molar refractivity (Wildman–Crippen MR) is 144 cm³/mol. The van der Waals surface area contributed by atoms with Crippen molar-refractivity contribution in [2.45, 2.75) is 25.8 Å². The zero-order valence-electron chi connectivity index (χ0n) is 21.6. The smallest absolute Gasteiger partial charge is 0.356 e. The first kappa shape index (κ1) is 24.9. The topological polar surface area (TPSA) is 101 Å². The predicted octanol–water partition coefficient (Wildman–Crippen LogP) is 4.36. The van der Waals surface area contributed by atoms with Crippen LogP contribution in [0.25, 0.3) is 11.0 Å². The molecule has 1 N–H and O–H groups in total. The van der Waals surface area contributed by atoms with Crippen molar-refractivity contribution in [2.75, 3.05) is 32.4 Å². The van der Waals surface area contributed by atoms with Crippen LogP contribution in [0.5, 0.6) is 11.5 Å². The van der Waals surface area contributed by atoms with Crippen LogP contribution in [-0.4, -0.2) is 48.5 Å². The summed E-state index contributed by atoms with van der Waals surface area (Å²) in [7, 11) is 1.34. The number of pyridine rings is 1. The van der Waals surface area contributed by atoms with Gasteiger partial charge in [-0.3, -0.25) is 4.79 Å². The first-order valence-electron chi connectivity index (χ1n) is 13.0. The Hall–Kier alpha value is -4.37. The Balaban J connectivity index is 1.38. The summed E-state index contributed by atoms with van der Waals surface area (Å²) in [6.45, 7) is 1.54. The number of aromatic nitrogens is 2. The molecule has 9 heteroatoms. The van der Waals surface area contributed by atoms with Crippen LogP contribution in [0.15, 0.2) is 60.8 Å². The molecule has 2 aromatic heterocycles. The number of nitrogens with one attached hydrogen (secondary N) is 1. The Morgan fingerprint density at radius 3 is 2.64 bits per heavy atom. The van der Waals surface area contributed by atoms with E-state index >= 15 is 0 Å². The fourth-order valence-electron chi connectivity index (χ4n) is 5.11. The Morgan fingerprint density at radius 2 is 1.85 bits per heavy atom. The zero-order chi connectivity index (χ0) is 26.8. The van der Waals surface area contributed by atoms with Crippen LogP contribution in [0.2, 0.25) is 0 Å². The monoisotopic (exact) mass is 527 g/mol. The van der Waals surface area contributed by atoms with Crippen LogP contribution < -0.4 is 14.8 Å².